The third-order valence-corrected chi connectivity index (χ3v) is 3.32. The van der Waals surface area contributed by atoms with Gasteiger partial charge in [0.1, 0.15) is 11.4 Å². The number of amides is 1. The van der Waals surface area contributed by atoms with Crippen molar-refractivity contribution in [3.8, 4) is 5.75 Å². The minimum Gasteiger partial charge on any atom is -0.481 e. The van der Waals surface area contributed by atoms with Crippen LogP contribution in [0.25, 0.3) is 0 Å². The number of carbonyl (C=O) groups excluding carboxylic acids is 2. The standard InChI is InChI=1S/C17H16N2O6/c1-11(25-13-9-7-12(8-10-13)17(21)24-2)16(20)18-14-5-3-4-6-15(14)19(22)23/h3-11H,1-2H3,(H,18,20)/t11-/m0/s1. The van der Waals surface area contributed by atoms with Gasteiger partial charge in [-0.15, -0.1) is 0 Å². The number of esters is 1. The van der Waals surface area contributed by atoms with Crippen LogP contribution in [0.1, 0.15) is 17.3 Å². The molecule has 2 rings (SSSR count). The van der Waals surface area contributed by atoms with Gasteiger partial charge >= 0.3 is 5.97 Å². The second-order valence-corrected chi connectivity index (χ2v) is 5.04. The largest absolute Gasteiger partial charge is 0.481 e. The van der Waals surface area contributed by atoms with Gasteiger partial charge in [0.15, 0.2) is 6.10 Å². The van der Waals surface area contributed by atoms with E-state index in [-0.39, 0.29) is 11.4 Å². The number of hydrogen-bond acceptors (Lipinski definition) is 6. The summed E-state index contributed by atoms with van der Waals surface area (Å²) in [6, 6.07) is 11.9. The molecule has 0 saturated carbocycles. The number of ether oxygens (including phenoxy) is 2. The highest BCUT2D eigenvalue weighted by atomic mass is 16.6. The van der Waals surface area contributed by atoms with Crippen molar-refractivity contribution in [3.63, 3.8) is 0 Å². The smallest absolute Gasteiger partial charge is 0.337 e. The third kappa shape index (κ3) is 4.54. The summed E-state index contributed by atoms with van der Waals surface area (Å²) in [5.74, 6) is -0.641. The zero-order valence-electron chi connectivity index (χ0n) is 13.6. The summed E-state index contributed by atoms with van der Waals surface area (Å²) in [6.45, 7) is 1.51. The minimum atomic E-state index is -0.899. The third-order valence-electron chi connectivity index (χ3n) is 3.32. The lowest BCUT2D eigenvalue weighted by atomic mass is 10.2. The molecule has 0 aliphatic rings. The van der Waals surface area contributed by atoms with E-state index in [0.29, 0.717) is 11.3 Å². The molecule has 0 aliphatic heterocycles. The zero-order valence-corrected chi connectivity index (χ0v) is 13.6. The summed E-state index contributed by atoms with van der Waals surface area (Å²) in [5.41, 5.74) is 0.242. The summed E-state index contributed by atoms with van der Waals surface area (Å²) < 4.78 is 10.1. The summed E-state index contributed by atoms with van der Waals surface area (Å²) in [6.07, 6.45) is -0.899. The van der Waals surface area contributed by atoms with Crippen molar-refractivity contribution in [3.05, 3.63) is 64.2 Å². The number of nitro benzene ring substituents is 1. The fourth-order valence-corrected chi connectivity index (χ4v) is 2.02. The van der Waals surface area contributed by atoms with Gasteiger partial charge in [0, 0.05) is 6.07 Å². The number of methoxy groups -OCH3 is 1. The maximum Gasteiger partial charge on any atom is 0.337 e. The van der Waals surface area contributed by atoms with Crippen molar-refractivity contribution in [1.29, 1.82) is 0 Å². The van der Waals surface area contributed by atoms with Gasteiger partial charge in [0.2, 0.25) is 0 Å². The van der Waals surface area contributed by atoms with Crippen molar-refractivity contribution in [2.45, 2.75) is 13.0 Å². The predicted molar refractivity (Wildman–Crippen MR) is 89.6 cm³/mol. The molecule has 25 heavy (non-hydrogen) atoms. The molecule has 1 atom stereocenters. The molecule has 1 N–H and O–H groups in total. The second-order valence-electron chi connectivity index (χ2n) is 5.04. The molecule has 2 aromatic rings. The summed E-state index contributed by atoms with van der Waals surface area (Å²) in [5, 5.41) is 13.4. The van der Waals surface area contributed by atoms with E-state index in [1.165, 1.54) is 56.5 Å². The van der Waals surface area contributed by atoms with E-state index in [2.05, 4.69) is 10.1 Å². The van der Waals surface area contributed by atoms with Gasteiger partial charge in [-0.25, -0.2) is 4.79 Å². The SMILES string of the molecule is COC(=O)c1ccc(O[C@@H](C)C(=O)Nc2ccccc2[N+](=O)[O-])cc1. The zero-order chi connectivity index (χ0) is 18.4. The fraction of sp³-hybridized carbons (Fsp3) is 0.176. The Kier molecular flexibility index (Phi) is 5.67. The van der Waals surface area contributed by atoms with Crippen LogP contribution in [0.5, 0.6) is 5.75 Å². The quantitative estimate of drug-likeness (QED) is 0.490. The first-order chi connectivity index (χ1) is 11.9. The number of hydrogen-bond donors (Lipinski definition) is 1. The normalized spacial score (nSPS) is 11.3. The number of anilines is 1. The van der Waals surface area contributed by atoms with Gasteiger partial charge in [-0.3, -0.25) is 14.9 Å². The van der Waals surface area contributed by atoms with Crippen LogP contribution in [0.4, 0.5) is 11.4 Å². The first kappa shape index (κ1) is 17.9. The van der Waals surface area contributed by atoms with Crippen LogP contribution in [0.15, 0.2) is 48.5 Å². The molecule has 0 aromatic heterocycles. The molecule has 2 aromatic carbocycles. The molecule has 0 spiro atoms. The Balaban J connectivity index is 2.03. The predicted octanol–water partition coefficient (Wildman–Crippen LogP) is 2.79. The van der Waals surface area contributed by atoms with Crippen molar-refractivity contribution in [2.24, 2.45) is 0 Å². The van der Waals surface area contributed by atoms with Crippen molar-refractivity contribution in [2.75, 3.05) is 12.4 Å². The molecular weight excluding hydrogens is 328 g/mol. The molecule has 8 heteroatoms. The Bertz CT molecular complexity index is 788. The van der Waals surface area contributed by atoms with E-state index < -0.39 is 22.9 Å². The molecule has 0 aliphatic carbocycles. The topological polar surface area (TPSA) is 108 Å². The molecule has 0 radical (unpaired) electrons. The van der Waals surface area contributed by atoms with E-state index in [9.17, 15) is 19.7 Å². The maximum absolute atomic E-state index is 12.2. The Hall–Kier alpha value is -3.42. The van der Waals surface area contributed by atoms with Crippen molar-refractivity contribution >= 4 is 23.3 Å². The van der Waals surface area contributed by atoms with E-state index in [0.717, 1.165) is 0 Å². The highest BCUT2D eigenvalue weighted by molar-refractivity contribution is 5.96. The van der Waals surface area contributed by atoms with Crippen LogP contribution in [-0.4, -0.2) is 30.0 Å². The number of para-hydroxylation sites is 2. The number of nitro groups is 1. The van der Waals surface area contributed by atoms with Crippen molar-refractivity contribution in [1.82, 2.24) is 0 Å². The fourth-order valence-electron chi connectivity index (χ4n) is 2.02. The molecular formula is C17H16N2O6. The first-order valence-corrected chi connectivity index (χ1v) is 7.31. The van der Waals surface area contributed by atoms with Crippen LogP contribution < -0.4 is 10.1 Å². The van der Waals surface area contributed by atoms with Gasteiger partial charge in [0.05, 0.1) is 17.6 Å². The number of nitrogens with one attached hydrogen (secondary N) is 1. The van der Waals surface area contributed by atoms with Gasteiger partial charge in [-0.1, -0.05) is 12.1 Å². The Labute approximate surface area is 143 Å². The molecule has 130 valence electrons. The van der Waals surface area contributed by atoms with E-state index in [1.54, 1.807) is 6.07 Å². The Morgan fingerprint density at radius 3 is 2.36 bits per heavy atom. The molecule has 8 nitrogen and oxygen atoms in total. The summed E-state index contributed by atoms with van der Waals surface area (Å²) >= 11 is 0. The lowest BCUT2D eigenvalue weighted by Crippen LogP contribution is -2.30. The van der Waals surface area contributed by atoms with Crippen LogP contribution >= 0.6 is 0 Å². The van der Waals surface area contributed by atoms with Gasteiger partial charge in [-0.2, -0.15) is 0 Å². The van der Waals surface area contributed by atoms with Gasteiger partial charge < -0.3 is 14.8 Å². The Morgan fingerprint density at radius 2 is 1.76 bits per heavy atom. The number of rotatable bonds is 6. The molecule has 0 fully saturated rings. The van der Waals surface area contributed by atoms with Crippen molar-refractivity contribution < 1.29 is 24.0 Å². The molecule has 0 bridgehead atoms. The number of carbonyl (C=O) groups is 2. The summed E-state index contributed by atoms with van der Waals surface area (Å²) in [4.78, 5) is 33.9. The van der Waals surface area contributed by atoms with Gasteiger partial charge in [0.25, 0.3) is 11.6 Å². The lowest BCUT2D eigenvalue weighted by Gasteiger charge is -2.15. The summed E-state index contributed by atoms with van der Waals surface area (Å²) in [7, 11) is 1.28. The maximum atomic E-state index is 12.2. The molecule has 0 unspecified atom stereocenters. The average molecular weight is 344 g/mol. The number of benzene rings is 2. The average Bonchev–Trinajstić information content (AvgIpc) is 2.61. The van der Waals surface area contributed by atoms with Crippen LogP contribution in [-0.2, 0) is 9.53 Å². The lowest BCUT2D eigenvalue weighted by molar-refractivity contribution is -0.383. The first-order valence-electron chi connectivity index (χ1n) is 7.31. The van der Waals surface area contributed by atoms with Crippen LogP contribution in [0, 0.1) is 10.1 Å². The van der Waals surface area contributed by atoms with E-state index in [4.69, 9.17) is 4.74 Å². The monoisotopic (exact) mass is 344 g/mol. The highest BCUT2D eigenvalue weighted by Gasteiger charge is 2.20. The van der Waals surface area contributed by atoms with Crippen LogP contribution in [0.3, 0.4) is 0 Å². The molecule has 1 amide bonds. The Morgan fingerprint density at radius 1 is 1.12 bits per heavy atom. The molecule has 0 saturated heterocycles. The van der Waals surface area contributed by atoms with Gasteiger partial charge in [-0.05, 0) is 37.3 Å². The van der Waals surface area contributed by atoms with E-state index >= 15 is 0 Å². The minimum absolute atomic E-state index is 0.0917. The molecule has 0 heterocycles. The van der Waals surface area contributed by atoms with Crippen LogP contribution in [0.2, 0.25) is 0 Å². The second kappa shape index (κ2) is 7.91. The number of nitrogens with zero attached hydrogens (tertiary/aromatic N) is 1. The van der Waals surface area contributed by atoms with E-state index in [1.807, 2.05) is 0 Å². The highest BCUT2D eigenvalue weighted by Crippen LogP contribution is 2.23.